The second-order valence-corrected chi connectivity index (χ2v) is 13.5. The lowest BCUT2D eigenvalue weighted by atomic mass is 9.94. The SMILES string of the molecule is N=C(c1ccccc1)N1CCC(C(=O)NOC2CCCCO2)(S(=O)(=O)N2CCC(Oc3ccc(C(F)(F)F)cc3)CC2)CC1. The fourth-order valence-corrected chi connectivity index (χ4v) is 8.00. The molecule has 44 heavy (non-hydrogen) atoms. The maximum atomic E-state index is 14.3. The van der Waals surface area contributed by atoms with Crippen LogP contribution in [0.3, 0.4) is 0 Å². The van der Waals surface area contributed by atoms with Crippen LogP contribution in [0, 0.1) is 5.41 Å². The average Bonchev–Trinajstić information content (AvgIpc) is 3.04. The van der Waals surface area contributed by atoms with E-state index in [2.05, 4.69) is 5.48 Å². The number of rotatable bonds is 8. The number of likely N-dealkylation sites (tertiary alicyclic amines) is 1. The monoisotopic (exact) mass is 638 g/mol. The minimum absolute atomic E-state index is 0.0484. The number of sulfonamides is 1. The summed E-state index contributed by atoms with van der Waals surface area (Å²) in [5.74, 6) is -0.240. The van der Waals surface area contributed by atoms with Gasteiger partial charge in [0.25, 0.3) is 5.91 Å². The molecule has 240 valence electrons. The maximum Gasteiger partial charge on any atom is 0.416 e. The van der Waals surface area contributed by atoms with E-state index in [1.807, 2.05) is 30.3 Å². The summed E-state index contributed by atoms with van der Waals surface area (Å²) in [5, 5.41) is 8.64. The molecule has 14 heteroatoms. The number of amides is 1. The molecule has 1 atom stereocenters. The Balaban J connectivity index is 1.27. The number of nitrogens with zero attached hydrogens (tertiary/aromatic N) is 2. The summed E-state index contributed by atoms with van der Waals surface area (Å²) in [5.41, 5.74) is 2.31. The number of amidine groups is 1. The van der Waals surface area contributed by atoms with Crippen LogP contribution in [0.2, 0.25) is 0 Å². The molecule has 1 amide bonds. The van der Waals surface area contributed by atoms with Crippen LogP contribution in [-0.4, -0.2) is 79.3 Å². The van der Waals surface area contributed by atoms with Crippen molar-refractivity contribution in [1.82, 2.24) is 14.7 Å². The van der Waals surface area contributed by atoms with E-state index in [0.717, 1.165) is 25.0 Å². The first kappa shape index (κ1) is 32.2. The summed E-state index contributed by atoms with van der Waals surface area (Å²) < 4.78 is 78.1. The van der Waals surface area contributed by atoms with Crippen molar-refractivity contribution in [2.45, 2.75) is 68.3 Å². The van der Waals surface area contributed by atoms with Crippen molar-refractivity contribution in [2.75, 3.05) is 32.8 Å². The zero-order valence-electron chi connectivity index (χ0n) is 24.2. The molecule has 3 fully saturated rings. The summed E-state index contributed by atoms with van der Waals surface area (Å²) in [7, 11) is -4.21. The minimum Gasteiger partial charge on any atom is -0.490 e. The Kier molecular flexibility index (Phi) is 9.83. The van der Waals surface area contributed by atoms with Crippen molar-refractivity contribution in [1.29, 1.82) is 5.41 Å². The Bertz CT molecular complexity index is 1390. The topological polar surface area (TPSA) is 121 Å². The molecule has 2 N–H and O–H groups in total. The van der Waals surface area contributed by atoms with Gasteiger partial charge in [0.15, 0.2) is 11.0 Å². The molecule has 0 spiro atoms. The van der Waals surface area contributed by atoms with E-state index in [9.17, 15) is 26.4 Å². The number of hydroxylamine groups is 1. The predicted molar refractivity (Wildman–Crippen MR) is 155 cm³/mol. The third-order valence-corrected chi connectivity index (χ3v) is 11.1. The fraction of sp³-hybridized carbons (Fsp3) is 0.533. The highest BCUT2D eigenvalue weighted by molar-refractivity contribution is 7.91. The van der Waals surface area contributed by atoms with E-state index < -0.39 is 44.8 Å². The molecule has 0 aliphatic carbocycles. The van der Waals surface area contributed by atoms with Crippen LogP contribution in [0.25, 0.3) is 0 Å². The number of hydrogen-bond donors (Lipinski definition) is 2. The van der Waals surface area contributed by atoms with Gasteiger partial charge in [-0.15, -0.1) is 0 Å². The molecule has 3 aliphatic rings. The summed E-state index contributed by atoms with van der Waals surface area (Å²) in [6.45, 7) is 1.00. The number of nitrogens with one attached hydrogen (secondary N) is 2. The minimum atomic E-state index is -4.45. The standard InChI is InChI=1S/C30H37F3N4O6S/c31-30(32,33)23-9-11-24(12-10-23)42-25-13-17-37(18-14-25)44(39,40)29(28(38)35-43-26-8-4-5-21-41-26)15-19-36(20-16-29)27(34)22-6-2-1-3-7-22/h1-3,6-7,9-12,25-26,34H,4-5,8,13-21H2,(H,35,38). The van der Waals surface area contributed by atoms with E-state index in [1.54, 1.807) is 4.90 Å². The van der Waals surface area contributed by atoms with Gasteiger partial charge in [-0.25, -0.2) is 23.0 Å². The number of hydrogen-bond acceptors (Lipinski definition) is 7. The molecular formula is C30H37F3N4O6S. The van der Waals surface area contributed by atoms with E-state index in [1.165, 1.54) is 16.4 Å². The number of benzene rings is 2. The molecule has 3 heterocycles. The highest BCUT2D eigenvalue weighted by Gasteiger charge is 2.55. The normalized spacial score (nSPS) is 21.9. The van der Waals surface area contributed by atoms with Crippen LogP contribution in [-0.2, 0) is 30.6 Å². The molecule has 0 radical (unpaired) electrons. The molecule has 0 saturated carbocycles. The second-order valence-electron chi connectivity index (χ2n) is 11.3. The van der Waals surface area contributed by atoms with Crippen LogP contribution in [0.4, 0.5) is 13.2 Å². The summed E-state index contributed by atoms with van der Waals surface area (Å²) in [6, 6.07) is 13.5. The number of alkyl halides is 3. The molecule has 3 saturated heterocycles. The zero-order chi connectivity index (χ0) is 31.4. The average molecular weight is 639 g/mol. The van der Waals surface area contributed by atoms with Crippen molar-refractivity contribution in [3.05, 3.63) is 65.7 Å². The molecule has 10 nitrogen and oxygen atoms in total. The Morgan fingerprint density at radius 2 is 1.61 bits per heavy atom. The van der Waals surface area contributed by atoms with Gasteiger partial charge in [0.1, 0.15) is 17.7 Å². The summed E-state index contributed by atoms with van der Waals surface area (Å²) in [4.78, 5) is 21.0. The van der Waals surface area contributed by atoms with Crippen molar-refractivity contribution < 1.29 is 40.7 Å². The predicted octanol–water partition coefficient (Wildman–Crippen LogP) is 4.31. The lowest BCUT2D eigenvalue weighted by Gasteiger charge is -2.44. The Hall–Kier alpha value is -3.20. The molecule has 3 aliphatic heterocycles. The Labute approximate surface area is 255 Å². The molecule has 1 unspecified atom stereocenters. The molecular weight excluding hydrogens is 601 g/mol. The molecule has 0 bridgehead atoms. The second kappa shape index (κ2) is 13.4. The molecule has 5 rings (SSSR count). The van der Waals surface area contributed by atoms with Gasteiger partial charge in [0, 0.05) is 44.8 Å². The number of carbonyl (C=O) groups excluding carboxylic acids is 1. The Morgan fingerprint density at radius 1 is 0.955 bits per heavy atom. The molecule has 0 aromatic heterocycles. The number of ether oxygens (including phenoxy) is 2. The van der Waals surface area contributed by atoms with Crippen molar-refractivity contribution >= 4 is 21.8 Å². The van der Waals surface area contributed by atoms with E-state index in [0.29, 0.717) is 31.4 Å². The van der Waals surface area contributed by atoms with Gasteiger partial charge in [-0.1, -0.05) is 30.3 Å². The van der Waals surface area contributed by atoms with Gasteiger partial charge in [-0.3, -0.25) is 10.2 Å². The van der Waals surface area contributed by atoms with Gasteiger partial charge < -0.3 is 14.4 Å². The first-order valence-electron chi connectivity index (χ1n) is 14.8. The first-order chi connectivity index (χ1) is 21.0. The van der Waals surface area contributed by atoms with Crippen LogP contribution in [0.5, 0.6) is 5.75 Å². The smallest absolute Gasteiger partial charge is 0.416 e. The number of halogens is 3. The van der Waals surface area contributed by atoms with Crippen molar-refractivity contribution in [3.8, 4) is 5.75 Å². The van der Waals surface area contributed by atoms with Crippen molar-refractivity contribution in [2.24, 2.45) is 0 Å². The summed E-state index contributed by atoms with van der Waals surface area (Å²) >= 11 is 0. The van der Waals surface area contributed by atoms with Gasteiger partial charge in [-0.2, -0.15) is 13.2 Å². The number of carbonyl (C=O) groups is 1. The molecule has 2 aromatic rings. The summed E-state index contributed by atoms with van der Waals surface area (Å²) in [6.07, 6.45) is -2.68. The van der Waals surface area contributed by atoms with Gasteiger partial charge in [0.2, 0.25) is 10.0 Å². The first-order valence-corrected chi connectivity index (χ1v) is 16.2. The van der Waals surface area contributed by atoms with Gasteiger partial charge in [0.05, 0.1) is 5.56 Å². The van der Waals surface area contributed by atoms with Crippen molar-refractivity contribution in [3.63, 3.8) is 0 Å². The van der Waals surface area contributed by atoms with Crippen LogP contribution in [0.15, 0.2) is 54.6 Å². The number of piperidine rings is 2. The van der Waals surface area contributed by atoms with Gasteiger partial charge >= 0.3 is 6.18 Å². The third-order valence-electron chi connectivity index (χ3n) is 8.49. The lowest BCUT2D eigenvalue weighted by Crippen LogP contribution is -2.63. The van der Waals surface area contributed by atoms with E-state index in [4.69, 9.17) is 19.7 Å². The van der Waals surface area contributed by atoms with E-state index >= 15 is 0 Å². The van der Waals surface area contributed by atoms with E-state index in [-0.39, 0.29) is 50.6 Å². The zero-order valence-corrected chi connectivity index (χ0v) is 25.0. The fourth-order valence-electron chi connectivity index (χ4n) is 5.84. The lowest BCUT2D eigenvalue weighted by molar-refractivity contribution is -0.202. The van der Waals surface area contributed by atoms with Crippen LogP contribution in [0.1, 0.15) is 56.1 Å². The largest absolute Gasteiger partial charge is 0.490 e. The Morgan fingerprint density at radius 3 is 2.20 bits per heavy atom. The van der Waals surface area contributed by atoms with Gasteiger partial charge in [-0.05, 0) is 62.8 Å². The quantitative estimate of drug-likeness (QED) is 0.251. The molecule has 2 aromatic carbocycles. The van der Waals surface area contributed by atoms with Crippen LogP contribution >= 0.6 is 0 Å². The van der Waals surface area contributed by atoms with Crippen LogP contribution < -0.4 is 10.2 Å². The highest BCUT2D eigenvalue weighted by atomic mass is 32.2. The maximum absolute atomic E-state index is 14.3. The highest BCUT2D eigenvalue weighted by Crippen LogP contribution is 2.36. The third kappa shape index (κ3) is 7.03.